The summed E-state index contributed by atoms with van der Waals surface area (Å²) in [5.41, 5.74) is 2.74. The van der Waals surface area contributed by atoms with Crippen LogP contribution in [0, 0.1) is 6.92 Å². The Balaban J connectivity index is 1.80. The van der Waals surface area contributed by atoms with Crippen molar-refractivity contribution in [2.24, 2.45) is 0 Å². The molecule has 5 nitrogen and oxygen atoms in total. The highest BCUT2D eigenvalue weighted by Gasteiger charge is 2.25. The SMILES string of the molecule is COc1ccc(C)cc1S(=O)(=O)n1ccc2c(CN3CCCC3C)cccc21. The maximum absolute atomic E-state index is 13.4. The molecular formula is C22H26N2O3S. The summed E-state index contributed by atoms with van der Waals surface area (Å²) in [6, 6.07) is 13.6. The lowest BCUT2D eigenvalue weighted by atomic mass is 10.1. The largest absolute Gasteiger partial charge is 0.495 e. The number of methoxy groups -OCH3 is 1. The first kappa shape index (κ1) is 19.0. The number of likely N-dealkylation sites (tertiary alicyclic amines) is 1. The van der Waals surface area contributed by atoms with Gasteiger partial charge in [0.2, 0.25) is 0 Å². The molecular weight excluding hydrogens is 372 g/mol. The molecule has 148 valence electrons. The summed E-state index contributed by atoms with van der Waals surface area (Å²) >= 11 is 0. The van der Waals surface area contributed by atoms with Crippen LogP contribution in [-0.2, 0) is 16.6 Å². The van der Waals surface area contributed by atoms with Crippen molar-refractivity contribution in [2.45, 2.75) is 44.2 Å². The van der Waals surface area contributed by atoms with Gasteiger partial charge in [-0.3, -0.25) is 4.90 Å². The zero-order valence-corrected chi connectivity index (χ0v) is 17.4. The molecule has 1 saturated heterocycles. The Morgan fingerprint density at radius 2 is 2.00 bits per heavy atom. The van der Waals surface area contributed by atoms with Gasteiger partial charge in [-0.1, -0.05) is 18.2 Å². The number of nitrogens with zero attached hydrogens (tertiary/aromatic N) is 2. The van der Waals surface area contributed by atoms with Gasteiger partial charge in [0.25, 0.3) is 10.0 Å². The number of benzene rings is 2. The number of ether oxygens (including phenoxy) is 1. The molecule has 0 amide bonds. The normalized spacial score (nSPS) is 18.0. The molecule has 0 saturated carbocycles. The second-order valence-electron chi connectivity index (χ2n) is 7.58. The molecule has 4 rings (SSSR count). The fraction of sp³-hybridized carbons (Fsp3) is 0.364. The van der Waals surface area contributed by atoms with Gasteiger partial charge in [-0.15, -0.1) is 0 Å². The number of rotatable bonds is 5. The molecule has 1 aliphatic heterocycles. The van der Waals surface area contributed by atoms with Crippen LogP contribution in [0.25, 0.3) is 10.9 Å². The molecule has 28 heavy (non-hydrogen) atoms. The highest BCUT2D eigenvalue weighted by atomic mass is 32.2. The Bertz CT molecular complexity index is 1120. The van der Waals surface area contributed by atoms with Crippen LogP contribution in [0.4, 0.5) is 0 Å². The minimum atomic E-state index is -3.76. The predicted molar refractivity (Wildman–Crippen MR) is 111 cm³/mol. The molecule has 0 bridgehead atoms. The zero-order valence-electron chi connectivity index (χ0n) is 16.6. The highest BCUT2D eigenvalue weighted by molar-refractivity contribution is 7.90. The molecule has 1 atom stereocenters. The average molecular weight is 399 g/mol. The van der Waals surface area contributed by atoms with Gasteiger partial charge in [0, 0.05) is 24.2 Å². The topological polar surface area (TPSA) is 51.5 Å². The number of aromatic nitrogens is 1. The smallest absolute Gasteiger partial charge is 0.271 e. The van der Waals surface area contributed by atoms with Gasteiger partial charge < -0.3 is 4.74 Å². The molecule has 1 aliphatic rings. The van der Waals surface area contributed by atoms with E-state index in [2.05, 4.69) is 17.9 Å². The number of fused-ring (bicyclic) bond motifs is 1. The molecule has 2 aromatic carbocycles. The first-order valence-electron chi connectivity index (χ1n) is 9.65. The summed E-state index contributed by atoms with van der Waals surface area (Å²) in [7, 11) is -2.27. The van der Waals surface area contributed by atoms with Crippen LogP contribution in [0.2, 0.25) is 0 Å². The van der Waals surface area contributed by atoms with E-state index in [1.54, 1.807) is 18.3 Å². The first-order valence-corrected chi connectivity index (χ1v) is 11.1. The van der Waals surface area contributed by atoms with E-state index in [9.17, 15) is 8.42 Å². The molecule has 3 aromatic rings. The zero-order chi connectivity index (χ0) is 19.9. The van der Waals surface area contributed by atoms with Crippen molar-refractivity contribution in [1.29, 1.82) is 0 Å². The van der Waals surface area contributed by atoms with Crippen molar-refractivity contribution in [1.82, 2.24) is 8.87 Å². The van der Waals surface area contributed by atoms with E-state index in [1.807, 2.05) is 31.2 Å². The van der Waals surface area contributed by atoms with Crippen molar-refractivity contribution in [2.75, 3.05) is 13.7 Å². The Morgan fingerprint density at radius 3 is 2.71 bits per heavy atom. The van der Waals surface area contributed by atoms with Crippen LogP contribution in [0.15, 0.2) is 53.6 Å². The third-order valence-corrected chi connectivity index (χ3v) is 7.42. The van der Waals surface area contributed by atoms with Crippen LogP contribution < -0.4 is 4.74 Å². The number of hydrogen-bond acceptors (Lipinski definition) is 4. The quantitative estimate of drug-likeness (QED) is 0.647. The Labute approximate surface area is 166 Å². The van der Waals surface area contributed by atoms with Crippen LogP contribution in [0.3, 0.4) is 0 Å². The number of aryl methyl sites for hydroxylation is 1. The van der Waals surface area contributed by atoms with Gasteiger partial charge in [-0.25, -0.2) is 12.4 Å². The summed E-state index contributed by atoms with van der Waals surface area (Å²) in [6.07, 6.45) is 4.09. The summed E-state index contributed by atoms with van der Waals surface area (Å²) in [5, 5.41) is 0.983. The number of hydrogen-bond donors (Lipinski definition) is 0. The van der Waals surface area contributed by atoms with Crippen molar-refractivity contribution in [3.8, 4) is 5.75 Å². The Hall–Kier alpha value is -2.31. The van der Waals surface area contributed by atoms with Crippen molar-refractivity contribution in [3.05, 3.63) is 59.8 Å². The van der Waals surface area contributed by atoms with Crippen LogP contribution in [-0.4, -0.2) is 37.0 Å². The van der Waals surface area contributed by atoms with Gasteiger partial charge in [-0.2, -0.15) is 0 Å². The maximum atomic E-state index is 13.4. The monoisotopic (exact) mass is 398 g/mol. The fourth-order valence-electron chi connectivity index (χ4n) is 4.09. The summed E-state index contributed by atoms with van der Waals surface area (Å²) in [5.74, 6) is 0.356. The lowest BCUT2D eigenvalue weighted by molar-refractivity contribution is 0.261. The predicted octanol–water partition coefficient (Wildman–Crippen LogP) is 4.18. The Kier molecular flexibility index (Phi) is 4.93. The summed E-state index contributed by atoms with van der Waals surface area (Å²) in [4.78, 5) is 2.65. The molecule has 1 aromatic heterocycles. The van der Waals surface area contributed by atoms with Crippen molar-refractivity contribution >= 4 is 20.9 Å². The van der Waals surface area contributed by atoms with Crippen LogP contribution in [0.5, 0.6) is 5.75 Å². The van der Waals surface area contributed by atoms with Crippen molar-refractivity contribution < 1.29 is 13.2 Å². The molecule has 2 heterocycles. The van der Waals surface area contributed by atoms with E-state index in [0.29, 0.717) is 17.3 Å². The van der Waals surface area contributed by atoms with Gasteiger partial charge in [0.15, 0.2) is 0 Å². The molecule has 0 spiro atoms. The van der Waals surface area contributed by atoms with Gasteiger partial charge >= 0.3 is 0 Å². The molecule has 0 radical (unpaired) electrons. The second kappa shape index (κ2) is 7.26. The molecule has 0 aliphatic carbocycles. The van der Waals surface area contributed by atoms with E-state index in [4.69, 9.17) is 4.74 Å². The van der Waals surface area contributed by atoms with Crippen molar-refractivity contribution in [3.63, 3.8) is 0 Å². The minimum Gasteiger partial charge on any atom is -0.495 e. The van der Waals surface area contributed by atoms with Crippen LogP contribution in [0.1, 0.15) is 30.9 Å². The van der Waals surface area contributed by atoms with Gasteiger partial charge in [0.1, 0.15) is 10.6 Å². The molecule has 0 N–H and O–H groups in total. The van der Waals surface area contributed by atoms with E-state index < -0.39 is 10.0 Å². The van der Waals surface area contributed by atoms with E-state index in [1.165, 1.54) is 23.9 Å². The third-order valence-electron chi connectivity index (χ3n) is 5.71. The molecule has 6 heteroatoms. The van der Waals surface area contributed by atoms with Gasteiger partial charge in [0.05, 0.1) is 12.6 Å². The summed E-state index contributed by atoms with van der Waals surface area (Å²) < 4.78 is 33.5. The molecule has 1 fully saturated rings. The second-order valence-corrected chi connectivity index (χ2v) is 9.37. The Morgan fingerprint density at radius 1 is 1.18 bits per heavy atom. The van der Waals surface area contributed by atoms with E-state index >= 15 is 0 Å². The maximum Gasteiger partial charge on any atom is 0.271 e. The standard InChI is InChI=1S/C22H26N2O3S/c1-16-9-10-21(27-3)22(14-16)28(25,26)24-13-11-19-18(7-4-8-20(19)24)15-23-12-5-6-17(23)2/h4,7-11,13-14,17H,5-6,12,15H2,1-3H3. The third kappa shape index (κ3) is 3.20. The van der Waals surface area contributed by atoms with E-state index in [-0.39, 0.29) is 4.90 Å². The molecule has 1 unspecified atom stereocenters. The minimum absolute atomic E-state index is 0.186. The fourth-order valence-corrected chi connectivity index (χ4v) is 5.68. The van der Waals surface area contributed by atoms with Crippen LogP contribution >= 0.6 is 0 Å². The van der Waals surface area contributed by atoms with E-state index in [0.717, 1.165) is 29.6 Å². The van der Waals surface area contributed by atoms with Gasteiger partial charge in [-0.05, 0) is 68.6 Å². The lowest BCUT2D eigenvalue weighted by Crippen LogP contribution is -2.26. The highest BCUT2D eigenvalue weighted by Crippen LogP contribution is 2.31. The summed E-state index contributed by atoms with van der Waals surface area (Å²) in [6.45, 7) is 6.07. The average Bonchev–Trinajstić information content (AvgIpc) is 3.29. The lowest BCUT2D eigenvalue weighted by Gasteiger charge is -2.21. The first-order chi connectivity index (χ1) is 13.4.